The van der Waals surface area contributed by atoms with Crippen molar-refractivity contribution in [1.82, 2.24) is 9.47 Å². The average Bonchev–Trinajstić information content (AvgIpc) is 3.29. The lowest BCUT2D eigenvalue weighted by Crippen LogP contribution is -2.28. The smallest absolute Gasteiger partial charge is 0.266 e. The number of rotatable bonds is 4. The van der Waals surface area contributed by atoms with Crippen LogP contribution < -0.4 is 0 Å². The molecule has 1 aromatic heterocycles. The summed E-state index contributed by atoms with van der Waals surface area (Å²) in [5, 5.41) is 0.601. The van der Waals surface area contributed by atoms with E-state index >= 15 is 0 Å². The molecule has 2 heterocycles. The number of aromatic nitrogens is 1. The molecule has 29 heavy (non-hydrogen) atoms. The number of thioether (sulfide) groups is 1. The predicted octanol–water partition coefficient (Wildman–Crippen LogP) is 5.55. The van der Waals surface area contributed by atoms with E-state index in [0.717, 1.165) is 11.4 Å². The molecule has 4 nitrogen and oxygen atoms in total. The van der Waals surface area contributed by atoms with Gasteiger partial charge in [0, 0.05) is 24.1 Å². The molecule has 1 amide bonds. The van der Waals surface area contributed by atoms with Gasteiger partial charge in [0.15, 0.2) is 5.17 Å². The summed E-state index contributed by atoms with van der Waals surface area (Å²) in [6, 6.07) is 18.1. The van der Waals surface area contributed by atoms with Crippen LogP contribution in [-0.4, -0.2) is 27.1 Å². The first-order valence-corrected chi connectivity index (χ1v) is 10.2. The molecule has 1 fully saturated rings. The summed E-state index contributed by atoms with van der Waals surface area (Å²) in [4.78, 5) is 19.7. The van der Waals surface area contributed by atoms with Gasteiger partial charge in [-0.2, -0.15) is 0 Å². The van der Waals surface area contributed by atoms with Gasteiger partial charge in [0.1, 0.15) is 5.82 Å². The molecule has 6 heteroatoms. The van der Waals surface area contributed by atoms with Crippen LogP contribution >= 0.6 is 11.8 Å². The lowest BCUT2D eigenvalue weighted by molar-refractivity contribution is -0.122. The van der Waals surface area contributed by atoms with E-state index in [9.17, 15) is 9.18 Å². The van der Waals surface area contributed by atoms with E-state index in [0.29, 0.717) is 22.3 Å². The molecular formula is C23H20FN3OS. The van der Waals surface area contributed by atoms with Gasteiger partial charge >= 0.3 is 0 Å². The molecule has 0 radical (unpaired) electrons. The van der Waals surface area contributed by atoms with E-state index < -0.39 is 0 Å². The van der Waals surface area contributed by atoms with Crippen molar-refractivity contribution in [2.24, 2.45) is 4.99 Å². The van der Waals surface area contributed by atoms with Crippen LogP contribution in [0.4, 0.5) is 10.1 Å². The third-order valence-electron chi connectivity index (χ3n) is 4.63. The number of likely N-dealkylation sites (N-methyl/N-ethyl adjacent to an activating group) is 1. The molecule has 0 unspecified atom stereocenters. The van der Waals surface area contributed by atoms with E-state index in [1.807, 2.05) is 35.9 Å². The van der Waals surface area contributed by atoms with Crippen molar-refractivity contribution in [3.63, 3.8) is 0 Å². The number of aryl methyl sites for hydroxylation is 1. The fraction of sp³-hybridized carbons (Fsp3) is 0.130. The van der Waals surface area contributed by atoms with Gasteiger partial charge < -0.3 is 4.57 Å². The van der Waals surface area contributed by atoms with Gasteiger partial charge in [-0.1, -0.05) is 17.7 Å². The summed E-state index contributed by atoms with van der Waals surface area (Å²) in [5.41, 5.74) is 3.77. The van der Waals surface area contributed by atoms with E-state index in [-0.39, 0.29) is 11.7 Å². The van der Waals surface area contributed by atoms with Gasteiger partial charge in [-0.05, 0) is 80.2 Å². The van der Waals surface area contributed by atoms with Crippen molar-refractivity contribution in [2.45, 2.75) is 13.8 Å². The van der Waals surface area contributed by atoms with Crippen LogP contribution in [0.25, 0.3) is 11.8 Å². The Kier molecular flexibility index (Phi) is 5.36. The van der Waals surface area contributed by atoms with Crippen LogP contribution in [0.3, 0.4) is 0 Å². The number of nitrogens with zero attached hydrogens (tertiary/aromatic N) is 3. The zero-order chi connectivity index (χ0) is 20.4. The van der Waals surface area contributed by atoms with Crippen LogP contribution in [0.1, 0.15) is 18.2 Å². The summed E-state index contributed by atoms with van der Waals surface area (Å²) in [5.74, 6) is -0.385. The molecule has 1 aliphatic rings. The van der Waals surface area contributed by atoms with Crippen LogP contribution in [-0.2, 0) is 4.79 Å². The maximum atomic E-state index is 13.1. The minimum absolute atomic E-state index is 0.0741. The first-order valence-electron chi connectivity index (χ1n) is 9.35. The SMILES string of the molecule is CCN1C(=O)/C(=C\c2cccn2-c2ccc(C)cc2)SC1=Nc1ccc(F)cc1. The second-order valence-electron chi connectivity index (χ2n) is 6.67. The van der Waals surface area contributed by atoms with Gasteiger partial charge in [-0.3, -0.25) is 9.69 Å². The number of benzene rings is 2. The normalized spacial score (nSPS) is 16.9. The molecule has 0 aliphatic carbocycles. The summed E-state index contributed by atoms with van der Waals surface area (Å²) in [6.07, 6.45) is 3.87. The van der Waals surface area contributed by atoms with Gasteiger partial charge in [-0.25, -0.2) is 9.38 Å². The van der Waals surface area contributed by atoms with Gasteiger partial charge in [0.25, 0.3) is 5.91 Å². The Balaban J connectivity index is 1.67. The van der Waals surface area contributed by atoms with Crippen molar-refractivity contribution >= 4 is 34.6 Å². The van der Waals surface area contributed by atoms with E-state index in [4.69, 9.17) is 0 Å². The molecule has 0 saturated carbocycles. The minimum Gasteiger partial charge on any atom is -0.317 e. The van der Waals surface area contributed by atoms with Crippen LogP contribution in [0, 0.1) is 12.7 Å². The fourth-order valence-electron chi connectivity index (χ4n) is 3.08. The largest absolute Gasteiger partial charge is 0.317 e. The number of amides is 1. The topological polar surface area (TPSA) is 37.6 Å². The number of aliphatic imine (C=N–C) groups is 1. The quantitative estimate of drug-likeness (QED) is 0.534. The molecule has 1 aliphatic heterocycles. The summed E-state index contributed by atoms with van der Waals surface area (Å²) in [7, 11) is 0. The van der Waals surface area contributed by atoms with Gasteiger partial charge in [0.05, 0.1) is 10.6 Å². The molecule has 0 atom stereocenters. The summed E-state index contributed by atoms with van der Waals surface area (Å²) >= 11 is 1.34. The molecule has 0 N–H and O–H groups in total. The Morgan fingerprint density at radius 3 is 2.48 bits per heavy atom. The Morgan fingerprint density at radius 2 is 1.79 bits per heavy atom. The zero-order valence-electron chi connectivity index (χ0n) is 16.2. The molecule has 0 bridgehead atoms. The molecule has 146 valence electrons. The fourth-order valence-corrected chi connectivity index (χ4v) is 4.13. The number of hydrogen-bond donors (Lipinski definition) is 0. The highest BCUT2D eigenvalue weighted by atomic mass is 32.2. The molecule has 2 aromatic carbocycles. The van der Waals surface area contributed by atoms with Gasteiger partial charge in [0.2, 0.25) is 0 Å². The van der Waals surface area contributed by atoms with Gasteiger partial charge in [-0.15, -0.1) is 0 Å². The van der Waals surface area contributed by atoms with Crippen LogP contribution in [0.15, 0.2) is 76.8 Å². The molecule has 3 aromatic rings. The van der Waals surface area contributed by atoms with Crippen LogP contribution in [0.5, 0.6) is 0 Å². The Labute approximate surface area is 173 Å². The van der Waals surface area contributed by atoms with E-state index in [1.54, 1.807) is 17.0 Å². The van der Waals surface area contributed by atoms with E-state index in [2.05, 4.69) is 36.2 Å². The number of halogens is 1. The van der Waals surface area contributed by atoms with Crippen LogP contribution in [0.2, 0.25) is 0 Å². The second kappa shape index (κ2) is 8.09. The standard InChI is InChI=1S/C23H20FN3OS/c1-3-26-22(28)21(29-23(26)25-18-10-8-17(24)9-11-18)15-20-5-4-14-27(20)19-12-6-16(2)7-13-19/h4-15H,3H2,1-2H3/b21-15+,25-23?. The maximum Gasteiger partial charge on any atom is 0.266 e. The third-order valence-corrected chi connectivity index (χ3v) is 5.63. The highest BCUT2D eigenvalue weighted by Gasteiger charge is 2.32. The average molecular weight is 405 g/mol. The highest BCUT2D eigenvalue weighted by molar-refractivity contribution is 8.18. The van der Waals surface area contributed by atoms with E-state index in [1.165, 1.54) is 29.5 Å². The Bertz CT molecular complexity index is 1100. The Morgan fingerprint density at radius 1 is 1.07 bits per heavy atom. The minimum atomic E-state index is -0.311. The maximum absolute atomic E-state index is 13.1. The predicted molar refractivity (Wildman–Crippen MR) is 117 cm³/mol. The van der Waals surface area contributed by atoms with Crippen molar-refractivity contribution in [1.29, 1.82) is 0 Å². The zero-order valence-corrected chi connectivity index (χ0v) is 17.0. The molecule has 1 saturated heterocycles. The summed E-state index contributed by atoms with van der Waals surface area (Å²) < 4.78 is 15.2. The first kappa shape index (κ1) is 19.2. The first-order chi connectivity index (χ1) is 14.0. The molecule has 4 rings (SSSR count). The number of carbonyl (C=O) groups is 1. The van der Waals surface area contributed by atoms with Crippen molar-refractivity contribution in [3.05, 3.63) is 88.8 Å². The second-order valence-corrected chi connectivity index (χ2v) is 7.68. The molecular weight excluding hydrogens is 385 g/mol. The third kappa shape index (κ3) is 4.03. The number of amidine groups is 1. The highest BCUT2D eigenvalue weighted by Crippen LogP contribution is 2.34. The van der Waals surface area contributed by atoms with Crippen molar-refractivity contribution in [3.8, 4) is 5.69 Å². The lowest BCUT2D eigenvalue weighted by atomic mass is 10.2. The number of carbonyl (C=O) groups excluding carboxylic acids is 1. The Hall–Kier alpha value is -3.12. The summed E-state index contributed by atoms with van der Waals surface area (Å²) in [6.45, 7) is 4.48. The number of hydrogen-bond acceptors (Lipinski definition) is 3. The molecule has 0 spiro atoms. The monoisotopic (exact) mass is 405 g/mol. The van der Waals surface area contributed by atoms with Crippen molar-refractivity contribution in [2.75, 3.05) is 6.54 Å². The lowest BCUT2D eigenvalue weighted by Gasteiger charge is -2.12. The van der Waals surface area contributed by atoms with Crippen molar-refractivity contribution < 1.29 is 9.18 Å².